The molecule has 2 atom stereocenters. The fraction of sp³-hybridized carbons (Fsp3) is 0.545. The first-order valence-corrected chi connectivity index (χ1v) is 5.93. The molecule has 3 heteroatoms. The number of hydrogen-bond acceptors (Lipinski definition) is 3. The average molecular weight is 208 g/mol. The van der Waals surface area contributed by atoms with Gasteiger partial charge >= 0.3 is 0 Å². The Morgan fingerprint density at radius 2 is 2.36 bits per heavy atom. The van der Waals surface area contributed by atoms with Gasteiger partial charge in [0.2, 0.25) is 0 Å². The highest BCUT2D eigenvalue weighted by Gasteiger charge is 2.33. The van der Waals surface area contributed by atoms with Gasteiger partial charge in [0.1, 0.15) is 0 Å². The van der Waals surface area contributed by atoms with Gasteiger partial charge in [0.15, 0.2) is 0 Å². The molecule has 0 radical (unpaired) electrons. The summed E-state index contributed by atoms with van der Waals surface area (Å²) in [5, 5.41) is 8.78. The minimum atomic E-state index is 0.472. The van der Waals surface area contributed by atoms with E-state index in [0.29, 0.717) is 12.0 Å². The molecule has 14 heavy (non-hydrogen) atoms. The van der Waals surface area contributed by atoms with Gasteiger partial charge in [-0.3, -0.25) is 5.01 Å². The summed E-state index contributed by atoms with van der Waals surface area (Å²) in [4.78, 5) is 1.43. The van der Waals surface area contributed by atoms with Crippen LogP contribution in [0.1, 0.15) is 31.2 Å². The number of nitrogens with zero attached hydrogens (tertiary/aromatic N) is 2. The van der Waals surface area contributed by atoms with Crippen LogP contribution in [0.15, 0.2) is 22.6 Å². The summed E-state index contributed by atoms with van der Waals surface area (Å²) in [6.07, 6.45) is 1.17. The Labute approximate surface area is 89.2 Å². The van der Waals surface area contributed by atoms with Crippen molar-refractivity contribution >= 4 is 17.0 Å². The minimum absolute atomic E-state index is 0.472. The predicted molar refractivity (Wildman–Crippen MR) is 61.7 cm³/mol. The molecule has 0 N–H and O–H groups in total. The molecular formula is C11H16N2S. The van der Waals surface area contributed by atoms with Crippen molar-refractivity contribution in [2.75, 3.05) is 7.05 Å². The van der Waals surface area contributed by atoms with Crippen LogP contribution in [0.2, 0.25) is 0 Å². The van der Waals surface area contributed by atoms with Crippen LogP contribution in [-0.2, 0) is 0 Å². The summed E-state index contributed by atoms with van der Waals surface area (Å²) in [6, 6.07) is 4.80. The van der Waals surface area contributed by atoms with Gasteiger partial charge in [-0.05, 0) is 24.8 Å². The molecule has 0 amide bonds. The van der Waals surface area contributed by atoms with E-state index in [1.54, 1.807) is 0 Å². The highest BCUT2D eigenvalue weighted by Crippen LogP contribution is 2.38. The van der Waals surface area contributed by atoms with E-state index in [0.717, 1.165) is 0 Å². The summed E-state index contributed by atoms with van der Waals surface area (Å²) in [7, 11) is 2.07. The van der Waals surface area contributed by atoms with Gasteiger partial charge < -0.3 is 0 Å². The second kappa shape index (κ2) is 3.73. The normalized spacial score (nSPS) is 26.8. The van der Waals surface area contributed by atoms with Crippen LogP contribution in [0, 0.1) is 5.92 Å². The van der Waals surface area contributed by atoms with Crippen LogP contribution in [0.3, 0.4) is 0 Å². The summed E-state index contributed by atoms with van der Waals surface area (Å²) < 4.78 is 0. The number of hydrazone groups is 1. The Kier molecular flexibility index (Phi) is 2.59. The third kappa shape index (κ3) is 1.46. The second-order valence-corrected chi connectivity index (χ2v) is 4.77. The van der Waals surface area contributed by atoms with Crippen molar-refractivity contribution in [3.05, 3.63) is 22.4 Å². The van der Waals surface area contributed by atoms with E-state index in [1.807, 2.05) is 11.3 Å². The van der Waals surface area contributed by atoms with Gasteiger partial charge in [0.25, 0.3) is 0 Å². The smallest absolute Gasteiger partial charge is 0.0889 e. The maximum Gasteiger partial charge on any atom is 0.0889 e. The summed E-state index contributed by atoms with van der Waals surface area (Å²) in [5.41, 5.74) is 1.27. The summed E-state index contributed by atoms with van der Waals surface area (Å²) in [6.45, 7) is 4.38. The molecule has 0 bridgehead atoms. The van der Waals surface area contributed by atoms with Gasteiger partial charge in [-0.2, -0.15) is 5.10 Å². The van der Waals surface area contributed by atoms with Crippen LogP contribution < -0.4 is 0 Å². The van der Waals surface area contributed by atoms with Crippen LogP contribution in [0.25, 0.3) is 0 Å². The quantitative estimate of drug-likeness (QED) is 0.729. The fourth-order valence-electron chi connectivity index (χ4n) is 2.23. The molecule has 0 saturated heterocycles. The third-order valence-corrected chi connectivity index (χ3v) is 3.85. The molecule has 76 valence electrons. The molecule has 0 fully saturated rings. The van der Waals surface area contributed by atoms with Gasteiger partial charge in [-0.1, -0.05) is 13.0 Å². The highest BCUT2D eigenvalue weighted by atomic mass is 32.1. The molecule has 0 saturated carbocycles. The maximum atomic E-state index is 4.54. The lowest BCUT2D eigenvalue weighted by molar-refractivity contribution is 0.251. The zero-order chi connectivity index (χ0) is 10.1. The largest absolute Gasteiger partial charge is 0.291 e. The van der Waals surface area contributed by atoms with Crippen molar-refractivity contribution in [2.24, 2.45) is 11.0 Å². The van der Waals surface area contributed by atoms with Crippen molar-refractivity contribution < 1.29 is 0 Å². The van der Waals surface area contributed by atoms with Crippen LogP contribution >= 0.6 is 11.3 Å². The molecule has 0 aromatic carbocycles. The lowest BCUT2D eigenvalue weighted by atomic mass is 9.93. The van der Waals surface area contributed by atoms with Crippen molar-refractivity contribution in [3.63, 3.8) is 0 Å². The molecule has 2 rings (SSSR count). The Bertz CT molecular complexity index is 329. The Balaban J connectivity index is 2.28. The minimum Gasteiger partial charge on any atom is -0.291 e. The van der Waals surface area contributed by atoms with Crippen LogP contribution in [-0.4, -0.2) is 17.8 Å². The van der Waals surface area contributed by atoms with Crippen molar-refractivity contribution in [1.29, 1.82) is 0 Å². The van der Waals surface area contributed by atoms with E-state index in [9.17, 15) is 0 Å². The SMILES string of the molecule is CCC1C(C)=NN(C)C1c1cccs1. The average Bonchev–Trinajstić information content (AvgIpc) is 2.72. The van der Waals surface area contributed by atoms with E-state index in [1.165, 1.54) is 17.0 Å². The maximum absolute atomic E-state index is 4.54. The fourth-order valence-corrected chi connectivity index (χ4v) is 3.16. The first kappa shape index (κ1) is 9.71. The van der Waals surface area contributed by atoms with Crippen molar-refractivity contribution in [2.45, 2.75) is 26.3 Å². The molecule has 2 nitrogen and oxygen atoms in total. The molecule has 1 aliphatic heterocycles. The van der Waals surface area contributed by atoms with E-state index in [4.69, 9.17) is 0 Å². The lowest BCUT2D eigenvalue weighted by Gasteiger charge is -2.23. The molecule has 0 aliphatic carbocycles. The molecule has 1 aliphatic rings. The van der Waals surface area contributed by atoms with E-state index in [2.05, 4.69) is 48.5 Å². The third-order valence-electron chi connectivity index (χ3n) is 2.91. The Morgan fingerprint density at radius 1 is 1.57 bits per heavy atom. The second-order valence-electron chi connectivity index (χ2n) is 3.79. The molecular weight excluding hydrogens is 192 g/mol. The predicted octanol–water partition coefficient (Wildman–Crippen LogP) is 3.14. The first-order chi connectivity index (χ1) is 6.74. The Hall–Kier alpha value is -0.830. The molecule has 2 heterocycles. The monoisotopic (exact) mass is 208 g/mol. The van der Waals surface area contributed by atoms with Crippen molar-refractivity contribution in [3.8, 4) is 0 Å². The van der Waals surface area contributed by atoms with Crippen LogP contribution in [0.5, 0.6) is 0 Å². The zero-order valence-electron chi connectivity index (χ0n) is 8.90. The van der Waals surface area contributed by atoms with Crippen molar-refractivity contribution in [1.82, 2.24) is 5.01 Å². The van der Waals surface area contributed by atoms with E-state index in [-0.39, 0.29) is 0 Å². The topological polar surface area (TPSA) is 15.6 Å². The zero-order valence-corrected chi connectivity index (χ0v) is 9.71. The van der Waals surface area contributed by atoms with Gasteiger partial charge in [0.05, 0.1) is 6.04 Å². The summed E-state index contributed by atoms with van der Waals surface area (Å²) in [5.74, 6) is 0.596. The van der Waals surface area contributed by atoms with Gasteiger partial charge in [-0.15, -0.1) is 11.3 Å². The van der Waals surface area contributed by atoms with Gasteiger partial charge in [0, 0.05) is 23.6 Å². The Morgan fingerprint density at radius 3 is 2.93 bits per heavy atom. The summed E-state index contributed by atoms with van der Waals surface area (Å²) >= 11 is 1.83. The first-order valence-electron chi connectivity index (χ1n) is 5.05. The number of thiophene rings is 1. The van der Waals surface area contributed by atoms with E-state index < -0.39 is 0 Å². The molecule has 1 aromatic rings. The molecule has 2 unspecified atom stereocenters. The molecule has 1 aromatic heterocycles. The number of rotatable bonds is 2. The van der Waals surface area contributed by atoms with E-state index >= 15 is 0 Å². The van der Waals surface area contributed by atoms with Crippen LogP contribution in [0.4, 0.5) is 0 Å². The number of hydrogen-bond donors (Lipinski definition) is 0. The molecule has 0 spiro atoms. The van der Waals surface area contributed by atoms with Gasteiger partial charge in [-0.25, -0.2) is 0 Å². The highest BCUT2D eigenvalue weighted by molar-refractivity contribution is 7.10. The standard InChI is InChI=1S/C11H16N2S/c1-4-9-8(2)12-13(3)11(9)10-6-5-7-14-10/h5-7,9,11H,4H2,1-3H3. The lowest BCUT2D eigenvalue weighted by Crippen LogP contribution is -2.20.